The van der Waals surface area contributed by atoms with Crippen molar-refractivity contribution >= 4 is 17.6 Å². The fraction of sp³-hybridized carbons (Fsp3) is 0.435. The molecule has 1 aromatic heterocycles. The van der Waals surface area contributed by atoms with Crippen LogP contribution in [0.4, 0.5) is 5.82 Å². The Kier molecular flexibility index (Phi) is 6.63. The molecule has 4 rings (SSSR count). The van der Waals surface area contributed by atoms with E-state index in [1.807, 2.05) is 0 Å². The van der Waals surface area contributed by atoms with Crippen molar-refractivity contribution in [1.29, 1.82) is 5.26 Å². The van der Waals surface area contributed by atoms with Gasteiger partial charge in [-0.05, 0) is 38.3 Å². The summed E-state index contributed by atoms with van der Waals surface area (Å²) in [5.41, 5.74) is 8.30. The zero-order chi connectivity index (χ0) is 24.3. The van der Waals surface area contributed by atoms with Crippen LogP contribution in [0.1, 0.15) is 48.5 Å². The van der Waals surface area contributed by atoms with Gasteiger partial charge in [-0.1, -0.05) is 12.1 Å². The predicted octanol–water partition coefficient (Wildman–Crippen LogP) is 1.08. The number of hydrogen-bond donors (Lipinski definition) is 4. The molecule has 11 heteroatoms. The van der Waals surface area contributed by atoms with E-state index in [2.05, 4.69) is 26.8 Å². The first kappa shape index (κ1) is 23.4. The number of benzene rings is 1. The zero-order valence-electron chi connectivity index (χ0n) is 18.7. The molecule has 0 unspecified atom stereocenters. The van der Waals surface area contributed by atoms with Crippen LogP contribution in [0, 0.1) is 17.2 Å². The second kappa shape index (κ2) is 9.62. The lowest BCUT2D eigenvalue weighted by atomic mass is 9.81. The maximum Gasteiger partial charge on any atom is 0.284 e. The molecule has 2 heterocycles. The molecule has 5 N–H and O–H groups in total. The van der Waals surface area contributed by atoms with E-state index in [0.29, 0.717) is 36.9 Å². The Hall–Kier alpha value is -3.75. The smallest absolute Gasteiger partial charge is 0.284 e. The van der Waals surface area contributed by atoms with Gasteiger partial charge in [0, 0.05) is 24.4 Å². The number of aromatic nitrogens is 2. The molecule has 1 saturated carbocycles. The molecule has 1 aromatic carbocycles. The number of nitrogen functional groups attached to an aromatic ring is 1. The first-order valence-electron chi connectivity index (χ1n) is 11.0. The lowest BCUT2D eigenvalue weighted by Gasteiger charge is -2.35. The second-order valence-electron chi connectivity index (χ2n) is 8.69. The summed E-state index contributed by atoms with van der Waals surface area (Å²) in [6.07, 6.45) is 1.93. The number of nitriles is 1. The number of anilines is 1. The third-order valence-electron chi connectivity index (χ3n) is 6.14. The summed E-state index contributed by atoms with van der Waals surface area (Å²) in [6, 6.07) is 8.70. The third-order valence-corrected chi connectivity index (χ3v) is 6.14. The maximum atomic E-state index is 12.9. The van der Waals surface area contributed by atoms with E-state index < -0.39 is 17.6 Å². The molecular formula is C23H26N6O5. The normalized spacial score (nSPS) is 19.4. The number of nitrogens with one attached hydrogen (secondary N) is 2. The van der Waals surface area contributed by atoms with E-state index in [9.17, 15) is 20.0 Å². The third kappa shape index (κ3) is 5.08. The molecule has 1 aliphatic carbocycles. The lowest BCUT2D eigenvalue weighted by molar-refractivity contribution is -0.119. The molecule has 0 radical (unpaired) electrons. The van der Waals surface area contributed by atoms with Gasteiger partial charge in [-0.25, -0.2) is 10.5 Å². The molecule has 2 amide bonds. The number of nitrogens with zero attached hydrogens (tertiary/aromatic N) is 3. The number of carbonyl (C=O) groups is 2. The Morgan fingerprint density at radius 3 is 2.88 bits per heavy atom. The fourth-order valence-corrected chi connectivity index (χ4v) is 3.86. The summed E-state index contributed by atoms with van der Waals surface area (Å²) in [5.74, 6) is -0.941. The summed E-state index contributed by atoms with van der Waals surface area (Å²) in [6.45, 7) is 2.17. The SMILES string of the molecule is C[C@H](Oc1nc(-c2cccc(C#N)c2)nc(N)c1C(=O)NOCC1(O)CCC1)[C@H]1CNC(=O)C1. The van der Waals surface area contributed by atoms with Crippen LogP contribution in [-0.2, 0) is 9.63 Å². The van der Waals surface area contributed by atoms with Crippen molar-refractivity contribution in [2.24, 2.45) is 5.92 Å². The first-order chi connectivity index (χ1) is 16.3. The number of aliphatic hydroxyl groups is 1. The van der Waals surface area contributed by atoms with Crippen LogP contribution in [0.15, 0.2) is 24.3 Å². The zero-order valence-corrected chi connectivity index (χ0v) is 18.7. The highest BCUT2D eigenvalue weighted by atomic mass is 16.7. The minimum Gasteiger partial charge on any atom is -0.474 e. The molecular weight excluding hydrogens is 440 g/mol. The van der Waals surface area contributed by atoms with Crippen LogP contribution in [0.5, 0.6) is 5.88 Å². The molecule has 2 atom stereocenters. The van der Waals surface area contributed by atoms with Crippen LogP contribution in [-0.4, -0.2) is 51.7 Å². The van der Waals surface area contributed by atoms with E-state index >= 15 is 0 Å². The number of amides is 2. The number of carbonyl (C=O) groups excluding carboxylic acids is 2. The van der Waals surface area contributed by atoms with Crippen molar-refractivity contribution < 1.29 is 24.3 Å². The van der Waals surface area contributed by atoms with Gasteiger partial charge in [-0.3, -0.25) is 14.4 Å². The Bertz CT molecular complexity index is 1140. The van der Waals surface area contributed by atoms with Gasteiger partial charge in [0.15, 0.2) is 5.82 Å². The van der Waals surface area contributed by atoms with Crippen LogP contribution >= 0.6 is 0 Å². The van der Waals surface area contributed by atoms with Crippen molar-refractivity contribution in [3.05, 3.63) is 35.4 Å². The molecule has 11 nitrogen and oxygen atoms in total. The van der Waals surface area contributed by atoms with E-state index in [1.54, 1.807) is 31.2 Å². The standard InChI is InChI=1S/C23H26N6O5/c1-13(16-9-17(30)26-11-16)34-22-18(21(31)29-33-12-23(32)6-3-7-23)19(25)27-20(28-22)15-5-2-4-14(8-15)10-24/h2,4-5,8,13,16,32H,3,6-7,9,11-12H2,1H3,(H,26,30)(H,29,31)(H2,25,27,28)/t13-,16+/m0/s1. The highest BCUT2D eigenvalue weighted by Crippen LogP contribution is 2.32. The molecule has 0 spiro atoms. The van der Waals surface area contributed by atoms with Crippen molar-refractivity contribution in [2.45, 2.75) is 44.3 Å². The fourth-order valence-electron chi connectivity index (χ4n) is 3.86. The summed E-state index contributed by atoms with van der Waals surface area (Å²) < 4.78 is 6.02. The summed E-state index contributed by atoms with van der Waals surface area (Å²) >= 11 is 0. The first-order valence-corrected chi connectivity index (χ1v) is 11.0. The van der Waals surface area contributed by atoms with Crippen molar-refractivity contribution in [3.8, 4) is 23.3 Å². The molecule has 34 heavy (non-hydrogen) atoms. The highest BCUT2D eigenvalue weighted by molar-refractivity contribution is 6.00. The van der Waals surface area contributed by atoms with Gasteiger partial charge in [0.2, 0.25) is 11.8 Å². The van der Waals surface area contributed by atoms with Gasteiger partial charge < -0.3 is 20.9 Å². The van der Waals surface area contributed by atoms with E-state index in [-0.39, 0.29) is 41.5 Å². The van der Waals surface area contributed by atoms with Crippen molar-refractivity contribution in [1.82, 2.24) is 20.8 Å². The van der Waals surface area contributed by atoms with Crippen LogP contribution in [0.2, 0.25) is 0 Å². The Morgan fingerprint density at radius 1 is 1.44 bits per heavy atom. The minimum absolute atomic E-state index is 0.0546. The van der Waals surface area contributed by atoms with Gasteiger partial charge in [0.25, 0.3) is 5.91 Å². The number of nitrogens with two attached hydrogens (primary N) is 1. The van der Waals surface area contributed by atoms with Crippen LogP contribution < -0.4 is 21.3 Å². The van der Waals surface area contributed by atoms with E-state index in [0.717, 1.165) is 6.42 Å². The summed E-state index contributed by atoms with van der Waals surface area (Å²) in [4.78, 5) is 38.4. The predicted molar refractivity (Wildman–Crippen MR) is 120 cm³/mol. The average molecular weight is 466 g/mol. The summed E-state index contributed by atoms with van der Waals surface area (Å²) in [7, 11) is 0. The second-order valence-corrected chi connectivity index (χ2v) is 8.69. The molecule has 2 aliphatic rings. The molecule has 1 aliphatic heterocycles. The Morgan fingerprint density at radius 2 is 2.24 bits per heavy atom. The van der Waals surface area contributed by atoms with Crippen molar-refractivity contribution in [3.63, 3.8) is 0 Å². The number of rotatable bonds is 8. The van der Waals surface area contributed by atoms with E-state index in [1.165, 1.54) is 0 Å². The highest BCUT2D eigenvalue weighted by Gasteiger charge is 2.35. The molecule has 1 saturated heterocycles. The van der Waals surface area contributed by atoms with Gasteiger partial charge in [-0.2, -0.15) is 10.2 Å². The summed E-state index contributed by atoms with van der Waals surface area (Å²) in [5, 5.41) is 22.1. The molecule has 178 valence electrons. The Labute approximate surface area is 196 Å². The Balaban J connectivity index is 1.62. The van der Waals surface area contributed by atoms with Gasteiger partial charge in [-0.15, -0.1) is 0 Å². The molecule has 0 bridgehead atoms. The van der Waals surface area contributed by atoms with Gasteiger partial charge in [0.05, 0.1) is 17.2 Å². The van der Waals surface area contributed by atoms with E-state index in [4.69, 9.17) is 15.3 Å². The number of ether oxygens (including phenoxy) is 1. The number of hydroxylamine groups is 1. The largest absolute Gasteiger partial charge is 0.474 e. The monoisotopic (exact) mass is 466 g/mol. The molecule has 2 fully saturated rings. The number of hydrogen-bond acceptors (Lipinski definition) is 9. The van der Waals surface area contributed by atoms with Gasteiger partial charge in [0.1, 0.15) is 24.1 Å². The van der Waals surface area contributed by atoms with Crippen LogP contribution in [0.3, 0.4) is 0 Å². The minimum atomic E-state index is -0.944. The average Bonchev–Trinajstić information content (AvgIpc) is 3.24. The lowest BCUT2D eigenvalue weighted by Crippen LogP contribution is -2.44. The van der Waals surface area contributed by atoms with Crippen LogP contribution in [0.25, 0.3) is 11.4 Å². The van der Waals surface area contributed by atoms with Crippen molar-refractivity contribution in [2.75, 3.05) is 18.9 Å². The maximum absolute atomic E-state index is 12.9. The quantitative estimate of drug-likeness (QED) is 0.415. The topological polar surface area (TPSA) is 172 Å². The molecule has 2 aromatic rings. The van der Waals surface area contributed by atoms with Gasteiger partial charge >= 0.3 is 0 Å².